The maximum absolute atomic E-state index is 11.9. The standard InChI is InChI=1S/C11H16BrNO2S2/c1-16-9-5-4-8-13-17(14,15)11-7-3-2-6-10(11)12/h2-3,6-7,13H,4-5,8-9H2,1H3. The summed E-state index contributed by atoms with van der Waals surface area (Å²) in [5, 5.41) is 0. The third kappa shape index (κ3) is 4.99. The second kappa shape index (κ2) is 7.41. The quantitative estimate of drug-likeness (QED) is 0.778. The van der Waals surface area contributed by atoms with E-state index in [9.17, 15) is 8.42 Å². The molecule has 0 aromatic heterocycles. The Morgan fingerprint density at radius 2 is 2.00 bits per heavy atom. The second-order valence-corrected chi connectivity index (χ2v) is 7.10. The Morgan fingerprint density at radius 3 is 2.65 bits per heavy atom. The maximum atomic E-state index is 11.9. The molecule has 0 heterocycles. The highest BCUT2D eigenvalue weighted by atomic mass is 79.9. The van der Waals surface area contributed by atoms with E-state index in [-0.39, 0.29) is 0 Å². The van der Waals surface area contributed by atoms with Crippen molar-refractivity contribution in [1.29, 1.82) is 0 Å². The van der Waals surface area contributed by atoms with E-state index in [4.69, 9.17) is 0 Å². The van der Waals surface area contributed by atoms with E-state index < -0.39 is 10.0 Å². The number of benzene rings is 1. The Labute approximate surface area is 116 Å². The molecule has 0 bridgehead atoms. The highest BCUT2D eigenvalue weighted by Crippen LogP contribution is 2.20. The minimum absolute atomic E-state index is 0.296. The molecule has 0 amide bonds. The maximum Gasteiger partial charge on any atom is 0.241 e. The first-order chi connectivity index (χ1) is 8.08. The molecule has 0 fully saturated rings. The first-order valence-electron chi connectivity index (χ1n) is 5.31. The van der Waals surface area contributed by atoms with Gasteiger partial charge in [0.15, 0.2) is 0 Å². The van der Waals surface area contributed by atoms with Crippen LogP contribution in [0.25, 0.3) is 0 Å². The molecule has 0 aliphatic rings. The van der Waals surface area contributed by atoms with Gasteiger partial charge in [0.25, 0.3) is 0 Å². The van der Waals surface area contributed by atoms with Gasteiger partial charge in [-0.05, 0) is 52.9 Å². The van der Waals surface area contributed by atoms with Gasteiger partial charge in [0.1, 0.15) is 0 Å². The minimum atomic E-state index is -3.38. The third-order valence-electron chi connectivity index (χ3n) is 2.19. The number of halogens is 1. The van der Waals surface area contributed by atoms with E-state index >= 15 is 0 Å². The number of hydrogen-bond donors (Lipinski definition) is 1. The van der Waals surface area contributed by atoms with Gasteiger partial charge in [-0.1, -0.05) is 12.1 Å². The predicted octanol–water partition coefficient (Wildman–Crippen LogP) is 2.87. The normalized spacial score (nSPS) is 11.6. The fraction of sp³-hybridized carbons (Fsp3) is 0.455. The molecule has 1 aromatic carbocycles. The molecule has 0 unspecified atom stereocenters. The summed E-state index contributed by atoms with van der Waals surface area (Å²) in [5.41, 5.74) is 0. The summed E-state index contributed by atoms with van der Waals surface area (Å²) in [7, 11) is -3.38. The number of nitrogens with one attached hydrogen (secondary N) is 1. The predicted molar refractivity (Wildman–Crippen MR) is 76.9 cm³/mol. The largest absolute Gasteiger partial charge is 0.241 e. The summed E-state index contributed by atoms with van der Waals surface area (Å²) in [6.45, 7) is 0.490. The van der Waals surface area contributed by atoms with Crippen LogP contribution in [0.2, 0.25) is 0 Å². The first-order valence-corrected chi connectivity index (χ1v) is 8.98. The molecule has 96 valence electrons. The number of sulfonamides is 1. The molecule has 1 rings (SSSR count). The number of unbranched alkanes of at least 4 members (excludes halogenated alkanes) is 1. The average Bonchev–Trinajstić information content (AvgIpc) is 2.29. The van der Waals surface area contributed by atoms with E-state index in [1.807, 2.05) is 6.26 Å². The number of rotatable bonds is 7. The van der Waals surface area contributed by atoms with Crippen LogP contribution in [0.3, 0.4) is 0 Å². The molecule has 3 nitrogen and oxygen atoms in total. The van der Waals surface area contributed by atoms with Crippen molar-refractivity contribution in [2.24, 2.45) is 0 Å². The Hall–Kier alpha value is -0.0400. The molecule has 6 heteroatoms. The molecular weight excluding hydrogens is 322 g/mol. The Balaban J connectivity index is 2.55. The van der Waals surface area contributed by atoms with E-state index in [1.165, 1.54) is 0 Å². The molecule has 0 saturated carbocycles. The van der Waals surface area contributed by atoms with Crippen molar-refractivity contribution >= 4 is 37.7 Å². The molecule has 0 radical (unpaired) electrons. The SMILES string of the molecule is CSCCCCNS(=O)(=O)c1ccccc1Br. The number of thioether (sulfide) groups is 1. The van der Waals surface area contributed by atoms with Crippen molar-refractivity contribution in [3.8, 4) is 0 Å². The molecule has 0 saturated heterocycles. The van der Waals surface area contributed by atoms with Crippen molar-refractivity contribution in [1.82, 2.24) is 4.72 Å². The van der Waals surface area contributed by atoms with Crippen molar-refractivity contribution in [3.63, 3.8) is 0 Å². The molecular formula is C11H16BrNO2S2. The summed E-state index contributed by atoms with van der Waals surface area (Å²) >= 11 is 5.02. The first kappa shape index (κ1) is 15.0. The monoisotopic (exact) mass is 337 g/mol. The van der Waals surface area contributed by atoms with Crippen LogP contribution in [0.15, 0.2) is 33.6 Å². The van der Waals surface area contributed by atoms with E-state index in [0.717, 1.165) is 18.6 Å². The van der Waals surface area contributed by atoms with Crippen molar-refractivity contribution in [2.45, 2.75) is 17.7 Å². The lowest BCUT2D eigenvalue weighted by Crippen LogP contribution is -2.25. The fourth-order valence-corrected chi connectivity index (χ4v) is 3.89. The second-order valence-electron chi connectivity index (χ2n) is 3.53. The summed E-state index contributed by atoms with van der Waals surface area (Å²) < 4.78 is 27.1. The van der Waals surface area contributed by atoms with E-state index in [2.05, 4.69) is 20.7 Å². The van der Waals surface area contributed by atoms with Crippen LogP contribution >= 0.6 is 27.7 Å². The lowest BCUT2D eigenvalue weighted by Gasteiger charge is -2.07. The Kier molecular flexibility index (Phi) is 6.54. The molecule has 0 atom stereocenters. The summed E-state index contributed by atoms with van der Waals surface area (Å²) in [4.78, 5) is 0.296. The summed E-state index contributed by atoms with van der Waals surface area (Å²) in [6, 6.07) is 6.82. The van der Waals surface area contributed by atoms with Crippen LogP contribution in [-0.4, -0.2) is 27.0 Å². The van der Waals surface area contributed by atoms with Gasteiger partial charge in [-0.3, -0.25) is 0 Å². The van der Waals surface area contributed by atoms with Gasteiger partial charge in [0.2, 0.25) is 10.0 Å². The van der Waals surface area contributed by atoms with E-state index in [0.29, 0.717) is 15.9 Å². The molecule has 1 N–H and O–H groups in total. The van der Waals surface area contributed by atoms with Gasteiger partial charge in [-0.15, -0.1) is 0 Å². The Morgan fingerprint density at radius 1 is 1.29 bits per heavy atom. The van der Waals surface area contributed by atoms with Crippen LogP contribution < -0.4 is 4.72 Å². The zero-order valence-electron chi connectivity index (χ0n) is 9.65. The van der Waals surface area contributed by atoms with E-state index in [1.54, 1.807) is 36.0 Å². The van der Waals surface area contributed by atoms with Gasteiger partial charge in [0, 0.05) is 11.0 Å². The fourth-order valence-electron chi connectivity index (χ4n) is 1.32. The Bertz CT molecular complexity index is 449. The molecule has 0 spiro atoms. The minimum Gasteiger partial charge on any atom is -0.211 e. The highest BCUT2D eigenvalue weighted by Gasteiger charge is 2.15. The van der Waals surface area contributed by atoms with Crippen molar-refractivity contribution < 1.29 is 8.42 Å². The average molecular weight is 338 g/mol. The lowest BCUT2D eigenvalue weighted by molar-refractivity contribution is 0.578. The number of hydrogen-bond acceptors (Lipinski definition) is 3. The summed E-state index contributed by atoms with van der Waals surface area (Å²) in [5.74, 6) is 1.07. The zero-order chi connectivity index (χ0) is 12.7. The van der Waals surface area contributed by atoms with Crippen molar-refractivity contribution in [2.75, 3.05) is 18.6 Å². The van der Waals surface area contributed by atoms with Gasteiger partial charge >= 0.3 is 0 Å². The molecule has 0 aliphatic heterocycles. The topological polar surface area (TPSA) is 46.2 Å². The summed E-state index contributed by atoms with van der Waals surface area (Å²) in [6.07, 6.45) is 3.94. The van der Waals surface area contributed by atoms with Crippen LogP contribution in [0, 0.1) is 0 Å². The highest BCUT2D eigenvalue weighted by molar-refractivity contribution is 9.10. The van der Waals surface area contributed by atoms with Crippen molar-refractivity contribution in [3.05, 3.63) is 28.7 Å². The van der Waals surface area contributed by atoms with Crippen LogP contribution in [0.5, 0.6) is 0 Å². The smallest absolute Gasteiger partial charge is 0.211 e. The molecule has 17 heavy (non-hydrogen) atoms. The van der Waals surface area contributed by atoms with Crippen LogP contribution in [0.4, 0.5) is 0 Å². The van der Waals surface area contributed by atoms with Crippen LogP contribution in [0.1, 0.15) is 12.8 Å². The third-order valence-corrected chi connectivity index (χ3v) is 5.36. The zero-order valence-corrected chi connectivity index (χ0v) is 12.9. The van der Waals surface area contributed by atoms with Gasteiger partial charge in [-0.2, -0.15) is 11.8 Å². The van der Waals surface area contributed by atoms with Gasteiger partial charge in [-0.25, -0.2) is 13.1 Å². The van der Waals surface area contributed by atoms with Gasteiger partial charge < -0.3 is 0 Å². The lowest BCUT2D eigenvalue weighted by atomic mass is 10.3. The molecule has 1 aromatic rings. The molecule has 0 aliphatic carbocycles. The van der Waals surface area contributed by atoms with Crippen LogP contribution in [-0.2, 0) is 10.0 Å². The van der Waals surface area contributed by atoms with Gasteiger partial charge in [0.05, 0.1) is 4.90 Å².